The van der Waals surface area contributed by atoms with Gasteiger partial charge in [-0.1, -0.05) is 0 Å². The summed E-state index contributed by atoms with van der Waals surface area (Å²) in [6.45, 7) is 0.786. The topological polar surface area (TPSA) is 72.9 Å². The molecule has 2 N–H and O–H groups in total. The molecule has 0 amide bonds. The number of hydrogen-bond acceptors (Lipinski definition) is 4. The highest BCUT2D eigenvalue weighted by molar-refractivity contribution is 7.87. The second-order valence-corrected chi connectivity index (χ2v) is 7.06. The van der Waals surface area contributed by atoms with Crippen LogP contribution in [0.15, 0.2) is 0 Å². The minimum Gasteiger partial charge on any atom is -0.396 e. The lowest BCUT2D eigenvalue weighted by Crippen LogP contribution is -2.58. The first kappa shape index (κ1) is 15.8. The molecular weight excluding hydrogens is 254 g/mol. The molecule has 108 valence electrons. The van der Waals surface area contributed by atoms with Gasteiger partial charge < -0.3 is 10.0 Å². The van der Waals surface area contributed by atoms with E-state index >= 15 is 0 Å². The zero-order chi connectivity index (χ0) is 13.8. The second kappa shape index (κ2) is 6.29. The van der Waals surface area contributed by atoms with Gasteiger partial charge in [-0.3, -0.25) is 0 Å². The molecule has 1 aliphatic carbocycles. The van der Waals surface area contributed by atoms with Gasteiger partial charge in [-0.05, 0) is 39.8 Å². The molecule has 1 rings (SSSR count). The molecule has 7 heteroatoms. The summed E-state index contributed by atoms with van der Waals surface area (Å²) in [5.41, 5.74) is -0.0229. The number of rotatable bonds is 8. The first-order chi connectivity index (χ1) is 8.34. The average Bonchev–Trinajstić information content (AvgIpc) is 2.23. The van der Waals surface area contributed by atoms with Gasteiger partial charge in [0.2, 0.25) is 0 Å². The maximum absolute atomic E-state index is 12.0. The van der Waals surface area contributed by atoms with Crippen molar-refractivity contribution < 1.29 is 13.5 Å². The van der Waals surface area contributed by atoms with E-state index in [1.54, 1.807) is 0 Å². The Morgan fingerprint density at radius 2 is 1.89 bits per heavy atom. The molecule has 6 nitrogen and oxygen atoms in total. The highest BCUT2D eigenvalue weighted by Crippen LogP contribution is 2.35. The predicted molar refractivity (Wildman–Crippen MR) is 71.5 cm³/mol. The first-order valence-electron chi connectivity index (χ1n) is 6.33. The molecule has 0 aromatic carbocycles. The van der Waals surface area contributed by atoms with Crippen LogP contribution in [-0.2, 0) is 10.2 Å². The van der Waals surface area contributed by atoms with Crippen LogP contribution in [-0.4, -0.2) is 69.1 Å². The largest absolute Gasteiger partial charge is 0.396 e. The van der Waals surface area contributed by atoms with Crippen LogP contribution in [0.2, 0.25) is 0 Å². The Hall–Kier alpha value is -0.210. The molecule has 0 aliphatic heterocycles. The van der Waals surface area contributed by atoms with Crippen molar-refractivity contribution in [1.29, 1.82) is 0 Å². The fraction of sp³-hybridized carbons (Fsp3) is 1.00. The van der Waals surface area contributed by atoms with Gasteiger partial charge in [-0.25, -0.2) is 4.72 Å². The summed E-state index contributed by atoms with van der Waals surface area (Å²) < 4.78 is 27.8. The Bertz CT molecular complexity index is 353. The van der Waals surface area contributed by atoms with Crippen molar-refractivity contribution in [2.45, 2.75) is 31.2 Å². The Morgan fingerprint density at radius 3 is 2.28 bits per heavy atom. The normalized spacial score (nSPS) is 19.2. The number of aliphatic hydroxyl groups excluding tert-OH is 1. The van der Waals surface area contributed by atoms with E-state index in [0.717, 1.165) is 19.3 Å². The number of aliphatic hydroxyl groups is 1. The van der Waals surface area contributed by atoms with Crippen LogP contribution in [0.5, 0.6) is 0 Å². The summed E-state index contributed by atoms with van der Waals surface area (Å²) in [5, 5.41) is 8.71. The zero-order valence-electron chi connectivity index (χ0n) is 11.5. The predicted octanol–water partition coefficient (Wildman–Crippen LogP) is -0.381. The standard InChI is InChI=1S/C11H25N3O3S/c1-13(2)11(6-4-7-11)10-12-18(16,17)14(3)8-5-9-15/h12,15H,4-10H2,1-3H3. The third-order valence-corrected chi connectivity index (χ3v) is 5.37. The molecule has 0 heterocycles. The van der Waals surface area contributed by atoms with Crippen molar-refractivity contribution >= 4 is 10.2 Å². The van der Waals surface area contributed by atoms with Gasteiger partial charge in [-0.2, -0.15) is 12.7 Å². The van der Waals surface area contributed by atoms with E-state index in [1.165, 1.54) is 11.4 Å². The molecule has 0 radical (unpaired) electrons. The molecule has 0 bridgehead atoms. The molecule has 1 saturated carbocycles. The fourth-order valence-electron chi connectivity index (χ4n) is 2.12. The summed E-state index contributed by atoms with van der Waals surface area (Å²) in [4.78, 5) is 2.10. The van der Waals surface area contributed by atoms with Crippen LogP contribution in [0.3, 0.4) is 0 Å². The van der Waals surface area contributed by atoms with Gasteiger partial charge in [0.1, 0.15) is 0 Å². The third kappa shape index (κ3) is 3.64. The smallest absolute Gasteiger partial charge is 0.279 e. The lowest BCUT2D eigenvalue weighted by molar-refractivity contribution is 0.0653. The number of nitrogens with one attached hydrogen (secondary N) is 1. The average molecular weight is 279 g/mol. The van der Waals surface area contributed by atoms with Gasteiger partial charge in [-0.15, -0.1) is 0 Å². The molecule has 0 spiro atoms. The van der Waals surface area contributed by atoms with E-state index in [2.05, 4.69) is 9.62 Å². The molecular formula is C11H25N3O3S. The minimum absolute atomic E-state index is 0.00148. The quantitative estimate of drug-likeness (QED) is 0.635. The van der Waals surface area contributed by atoms with Crippen LogP contribution < -0.4 is 4.72 Å². The Labute approximate surface area is 110 Å². The van der Waals surface area contributed by atoms with Gasteiger partial charge in [0, 0.05) is 32.3 Å². The van der Waals surface area contributed by atoms with Crippen molar-refractivity contribution in [2.75, 3.05) is 40.8 Å². The molecule has 0 unspecified atom stereocenters. The van der Waals surface area contributed by atoms with Gasteiger partial charge in [0.15, 0.2) is 0 Å². The van der Waals surface area contributed by atoms with Crippen LogP contribution in [0.4, 0.5) is 0 Å². The van der Waals surface area contributed by atoms with Crippen molar-refractivity contribution in [3.05, 3.63) is 0 Å². The highest BCUT2D eigenvalue weighted by atomic mass is 32.2. The number of nitrogens with zero attached hydrogens (tertiary/aromatic N) is 2. The monoisotopic (exact) mass is 279 g/mol. The summed E-state index contributed by atoms with van der Waals surface area (Å²) in [6.07, 6.45) is 3.67. The Balaban J connectivity index is 2.50. The molecule has 0 saturated heterocycles. The maximum atomic E-state index is 12.0. The molecule has 0 aromatic heterocycles. The summed E-state index contributed by atoms with van der Waals surface area (Å²) in [5.74, 6) is 0. The van der Waals surface area contributed by atoms with E-state index in [4.69, 9.17) is 5.11 Å². The van der Waals surface area contributed by atoms with Crippen LogP contribution in [0.25, 0.3) is 0 Å². The minimum atomic E-state index is -3.43. The lowest BCUT2D eigenvalue weighted by atomic mass is 9.76. The van der Waals surface area contributed by atoms with Crippen LogP contribution in [0, 0.1) is 0 Å². The van der Waals surface area contributed by atoms with E-state index in [-0.39, 0.29) is 12.1 Å². The first-order valence-corrected chi connectivity index (χ1v) is 7.77. The molecule has 1 aliphatic rings. The molecule has 1 fully saturated rings. The Morgan fingerprint density at radius 1 is 1.28 bits per heavy atom. The SMILES string of the molecule is CN(C)C1(CNS(=O)(=O)N(C)CCCO)CCC1. The summed E-state index contributed by atoms with van der Waals surface area (Å²) in [7, 11) is 2.08. The maximum Gasteiger partial charge on any atom is 0.279 e. The van der Waals surface area contributed by atoms with Crippen molar-refractivity contribution in [2.24, 2.45) is 0 Å². The van der Waals surface area contributed by atoms with Crippen LogP contribution >= 0.6 is 0 Å². The van der Waals surface area contributed by atoms with Gasteiger partial charge in [0.25, 0.3) is 10.2 Å². The van der Waals surface area contributed by atoms with E-state index < -0.39 is 10.2 Å². The van der Waals surface area contributed by atoms with Gasteiger partial charge >= 0.3 is 0 Å². The summed E-state index contributed by atoms with van der Waals surface area (Å²) >= 11 is 0. The van der Waals surface area contributed by atoms with E-state index in [9.17, 15) is 8.42 Å². The number of hydrogen-bond donors (Lipinski definition) is 2. The molecule has 18 heavy (non-hydrogen) atoms. The fourth-order valence-corrected chi connectivity index (χ4v) is 3.16. The zero-order valence-corrected chi connectivity index (χ0v) is 12.3. The summed E-state index contributed by atoms with van der Waals surface area (Å²) in [6, 6.07) is 0. The van der Waals surface area contributed by atoms with Crippen LogP contribution in [0.1, 0.15) is 25.7 Å². The molecule has 0 atom stereocenters. The Kier molecular flexibility index (Phi) is 5.54. The van der Waals surface area contributed by atoms with Crippen molar-refractivity contribution in [3.63, 3.8) is 0 Å². The second-order valence-electron chi connectivity index (χ2n) is 5.20. The van der Waals surface area contributed by atoms with E-state index in [1.807, 2.05) is 14.1 Å². The van der Waals surface area contributed by atoms with Gasteiger partial charge in [0.05, 0.1) is 0 Å². The third-order valence-electron chi connectivity index (χ3n) is 3.86. The number of likely N-dealkylation sites (N-methyl/N-ethyl adjacent to an activating group) is 1. The molecule has 0 aromatic rings. The highest BCUT2D eigenvalue weighted by Gasteiger charge is 2.40. The van der Waals surface area contributed by atoms with Crippen molar-refractivity contribution in [3.8, 4) is 0 Å². The van der Waals surface area contributed by atoms with Crippen molar-refractivity contribution in [1.82, 2.24) is 13.9 Å². The van der Waals surface area contributed by atoms with E-state index in [0.29, 0.717) is 19.5 Å². The lowest BCUT2D eigenvalue weighted by Gasteiger charge is -2.47.